The van der Waals surface area contributed by atoms with Crippen LogP contribution in [0.2, 0.25) is 0 Å². The number of hydrogen-bond donors (Lipinski definition) is 2. The van der Waals surface area contributed by atoms with Gasteiger partial charge in [0.2, 0.25) is 6.41 Å². The summed E-state index contributed by atoms with van der Waals surface area (Å²) in [7, 11) is 1.84. The Kier molecular flexibility index (Phi) is 4.99. The van der Waals surface area contributed by atoms with Crippen LogP contribution in [0.15, 0.2) is 40.9 Å². The molecule has 0 fully saturated rings. The van der Waals surface area contributed by atoms with E-state index in [1.165, 1.54) is 0 Å². The summed E-state index contributed by atoms with van der Waals surface area (Å²) in [6, 6.07) is 12.3. The van der Waals surface area contributed by atoms with Crippen molar-refractivity contribution in [2.45, 2.75) is 27.7 Å². The van der Waals surface area contributed by atoms with Gasteiger partial charge in [-0.15, -0.1) is 0 Å². The van der Waals surface area contributed by atoms with Crippen molar-refractivity contribution in [3.8, 4) is 22.3 Å². The molecule has 152 valence electrons. The first-order chi connectivity index (χ1) is 14.4. The molecule has 0 aliphatic rings. The second-order valence-electron chi connectivity index (χ2n) is 7.43. The molecule has 0 saturated heterocycles. The summed E-state index contributed by atoms with van der Waals surface area (Å²) in [5.74, 6) is 0.753. The molecule has 0 unspecified atom stereocenters. The Morgan fingerprint density at radius 2 is 1.80 bits per heavy atom. The van der Waals surface area contributed by atoms with E-state index in [0.29, 0.717) is 6.41 Å². The fraction of sp³-hybridized carbons (Fsp3) is 0.208. The van der Waals surface area contributed by atoms with Crippen LogP contribution in [-0.4, -0.2) is 23.6 Å². The van der Waals surface area contributed by atoms with Crippen LogP contribution in [0.25, 0.3) is 33.2 Å². The van der Waals surface area contributed by atoms with Gasteiger partial charge in [-0.25, -0.2) is 0 Å². The van der Waals surface area contributed by atoms with E-state index in [1.807, 2.05) is 46.0 Å². The fourth-order valence-electron chi connectivity index (χ4n) is 4.06. The molecule has 0 aliphatic heterocycles. The van der Waals surface area contributed by atoms with Gasteiger partial charge in [0, 0.05) is 29.3 Å². The lowest BCUT2D eigenvalue weighted by Gasteiger charge is -2.19. The van der Waals surface area contributed by atoms with Gasteiger partial charge in [-0.1, -0.05) is 17.3 Å². The molecular formula is C24H24N4O2. The number of carbonyl (C=O) groups excluding carboxylic acids is 1. The lowest BCUT2D eigenvalue weighted by atomic mass is 9.90. The number of aromatic nitrogens is 2. The van der Waals surface area contributed by atoms with Crippen molar-refractivity contribution in [1.29, 1.82) is 0 Å². The number of fused-ring (bicyclic) bond motifs is 1. The van der Waals surface area contributed by atoms with Gasteiger partial charge >= 0.3 is 0 Å². The standard InChI is InChI=1S/C24H24N4O2/c1-13-6-9-20-18(8-7-14(2)27-20)22(13)19-10-17(23-15(3)28-30-16(23)4)11-21(25-5)24(19)26-12-29/h6-12,25H,1-5H3,(H,26,29). The predicted molar refractivity (Wildman–Crippen MR) is 121 cm³/mol. The van der Waals surface area contributed by atoms with Crippen LogP contribution in [0.3, 0.4) is 0 Å². The number of amides is 1. The van der Waals surface area contributed by atoms with Crippen molar-refractivity contribution in [3.63, 3.8) is 0 Å². The third-order valence-corrected chi connectivity index (χ3v) is 5.42. The van der Waals surface area contributed by atoms with Crippen molar-refractivity contribution in [3.05, 3.63) is 59.1 Å². The molecule has 2 heterocycles. The van der Waals surface area contributed by atoms with E-state index < -0.39 is 0 Å². The van der Waals surface area contributed by atoms with E-state index in [-0.39, 0.29) is 0 Å². The summed E-state index contributed by atoms with van der Waals surface area (Å²) in [5, 5.41) is 11.3. The maximum Gasteiger partial charge on any atom is 0.211 e. The Hall–Kier alpha value is -3.67. The number of rotatable bonds is 5. The normalized spacial score (nSPS) is 11.0. The van der Waals surface area contributed by atoms with Gasteiger partial charge in [0.05, 0.1) is 22.6 Å². The number of carbonyl (C=O) groups is 1. The minimum atomic E-state index is 0.706. The Morgan fingerprint density at radius 3 is 2.47 bits per heavy atom. The largest absolute Gasteiger partial charge is 0.386 e. The van der Waals surface area contributed by atoms with Crippen molar-refractivity contribution in [2.24, 2.45) is 0 Å². The molecular weight excluding hydrogens is 376 g/mol. The predicted octanol–water partition coefficient (Wildman–Crippen LogP) is 5.40. The first kappa shape index (κ1) is 19.6. The Morgan fingerprint density at radius 1 is 1.00 bits per heavy atom. The second-order valence-corrected chi connectivity index (χ2v) is 7.43. The first-order valence-electron chi connectivity index (χ1n) is 9.81. The summed E-state index contributed by atoms with van der Waals surface area (Å²) in [6.45, 7) is 7.88. The van der Waals surface area contributed by atoms with Gasteiger partial charge in [-0.05, 0) is 68.7 Å². The zero-order valence-corrected chi connectivity index (χ0v) is 17.8. The number of nitrogens with zero attached hydrogens (tertiary/aromatic N) is 2. The molecule has 30 heavy (non-hydrogen) atoms. The lowest BCUT2D eigenvalue weighted by molar-refractivity contribution is -0.105. The molecule has 0 bridgehead atoms. The topological polar surface area (TPSA) is 80.1 Å². The monoisotopic (exact) mass is 400 g/mol. The van der Waals surface area contributed by atoms with Gasteiger partial charge in [0.1, 0.15) is 5.76 Å². The van der Waals surface area contributed by atoms with Crippen molar-refractivity contribution < 1.29 is 9.32 Å². The molecule has 0 saturated carbocycles. The average Bonchev–Trinajstić information content (AvgIpc) is 3.07. The Bertz CT molecular complexity index is 1250. The van der Waals surface area contributed by atoms with Gasteiger partial charge in [-0.3, -0.25) is 9.78 Å². The minimum Gasteiger partial charge on any atom is -0.386 e. The molecule has 6 heteroatoms. The summed E-state index contributed by atoms with van der Waals surface area (Å²) in [6.07, 6.45) is 0.706. The third kappa shape index (κ3) is 3.20. The van der Waals surface area contributed by atoms with Crippen molar-refractivity contribution >= 4 is 28.7 Å². The molecule has 1 amide bonds. The van der Waals surface area contributed by atoms with E-state index in [0.717, 1.165) is 67.2 Å². The zero-order valence-electron chi connectivity index (χ0n) is 17.8. The van der Waals surface area contributed by atoms with Crippen molar-refractivity contribution in [2.75, 3.05) is 17.7 Å². The van der Waals surface area contributed by atoms with Crippen LogP contribution in [0.5, 0.6) is 0 Å². The summed E-state index contributed by atoms with van der Waals surface area (Å²) in [5.41, 5.74) is 9.21. The number of pyridine rings is 1. The summed E-state index contributed by atoms with van der Waals surface area (Å²) in [4.78, 5) is 16.2. The van der Waals surface area contributed by atoms with E-state index in [9.17, 15) is 4.79 Å². The van der Waals surface area contributed by atoms with Gasteiger partial charge in [0.25, 0.3) is 0 Å². The highest BCUT2D eigenvalue weighted by molar-refractivity contribution is 6.05. The van der Waals surface area contributed by atoms with Gasteiger partial charge in [0.15, 0.2) is 0 Å². The molecule has 0 spiro atoms. The third-order valence-electron chi connectivity index (χ3n) is 5.42. The van der Waals surface area contributed by atoms with Crippen LogP contribution < -0.4 is 10.6 Å². The molecule has 0 atom stereocenters. The highest BCUT2D eigenvalue weighted by Gasteiger charge is 2.20. The zero-order chi connectivity index (χ0) is 21.4. The smallest absolute Gasteiger partial charge is 0.211 e. The highest BCUT2D eigenvalue weighted by Crippen LogP contribution is 2.43. The quantitative estimate of drug-likeness (QED) is 0.438. The lowest BCUT2D eigenvalue weighted by Crippen LogP contribution is -2.04. The minimum absolute atomic E-state index is 0.706. The van der Waals surface area contributed by atoms with E-state index in [1.54, 1.807) is 0 Å². The van der Waals surface area contributed by atoms with E-state index in [2.05, 4.69) is 40.9 Å². The second kappa shape index (κ2) is 7.63. The molecule has 2 aromatic heterocycles. The average molecular weight is 400 g/mol. The number of nitrogens with one attached hydrogen (secondary N) is 2. The van der Waals surface area contributed by atoms with Gasteiger partial charge in [-0.2, -0.15) is 0 Å². The first-order valence-corrected chi connectivity index (χ1v) is 9.81. The fourth-order valence-corrected chi connectivity index (χ4v) is 4.06. The molecule has 6 nitrogen and oxygen atoms in total. The van der Waals surface area contributed by atoms with Crippen LogP contribution in [0, 0.1) is 27.7 Å². The van der Waals surface area contributed by atoms with Crippen LogP contribution in [0.1, 0.15) is 22.7 Å². The number of aryl methyl sites for hydroxylation is 4. The van der Waals surface area contributed by atoms with Crippen LogP contribution in [0.4, 0.5) is 11.4 Å². The molecule has 2 aromatic carbocycles. The highest BCUT2D eigenvalue weighted by atomic mass is 16.5. The van der Waals surface area contributed by atoms with Gasteiger partial charge < -0.3 is 15.2 Å². The van der Waals surface area contributed by atoms with E-state index >= 15 is 0 Å². The maximum atomic E-state index is 11.5. The molecule has 2 N–H and O–H groups in total. The number of anilines is 2. The van der Waals surface area contributed by atoms with E-state index in [4.69, 9.17) is 9.51 Å². The molecule has 0 aliphatic carbocycles. The Balaban J connectivity index is 2.11. The molecule has 4 rings (SSSR count). The Labute approximate surface area is 175 Å². The number of benzene rings is 2. The van der Waals surface area contributed by atoms with Crippen molar-refractivity contribution in [1.82, 2.24) is 10.1 Å². The number of hydrogen-bond acceptors (Lipinski definition) is 5. The maximum absolute atomic E-state index is 11.5. The summed E-state index contributed by atoms with van der Waals surface area (Å²) < 4.78 is 5.40. The summed E-state index contributed by atoms with van der Waals surface area (Å²) >= 11 is 0. The SMILES string of the molecule is CNc1cc(-c2c(C)noc2C)cc(-c2c(C)ccc3nc(C)ccc23)c1NC=O. The van der Waals surface area contributed by atoms with Crippen LogP contribution in [-0.2, 0) is 4.79 Å². The van der Waals surface area contributed by atoms with Crippen LogP contribution >= 0.6 is 0 Å². The molecule has 4 aromatic rings. The molecule has 0 radical (unpaired) electrons.